The molecule has 3 aliphatic rings. The molecular weight excluding hydrogens is 398 g/mol. The van der Waals surface area contributed by atoms with Crippen molar-refractivity contribution in [3.8, 4) is 0 Å². The van der Waals surface area contributed by atoms with E-state index < -0.39 is 77.7 Å². The van der Waals surface area contributed by atoms with Crippen molar-refractivity contribution < 1.29 is 56.7 Å². The second kappa shape index (κ2) is 7.47. The SMILES string of the molecule is CC1OC2COP(=O)(O)OC3C(C)OC(COP(=O)(O)OC1C2O)C3O. The smallest absolute Gasteiger partial charge is 0.387 e. The molecule has 0 amide bonds. The first-order valence-corrected chi connectivity index (χ1v) is 11.0. The van der Waals surface area contributed by atoms with Gasteiger partial charge in [0.15, 0.2) is 0 Å². The van der Waals surface area contributed by atoms with Crippen molar-refractivity contribution >= 4 is 15.6 Å². The van der Waals surface area contributed by atoms with Crippen molar-refractivity contribution in [1.82, 2.24) is 0 Å². The first-order valence-electron chi connectivity index (χ1n) is 7.97. The number of phosphoric ester groups is 2. The number of rotatable bonds is 0. The second-order valence-electron chi connectivity index (χ2n) is 6.41. The average Bonchev–Trinajstić information content (AvgIpc) is 2.94. The number of ether oxygens (including phenoxy) is 2. The zero-order valence-electron chi connectivity index (χ0n) is 14.0. The zero-order valence-corrected chi connectivity index (χ0v) is 15.8. The molecule has 10 unspecified atom stereocenters. The largest absolute Gasteiger partial charge is 0.472 e. The minimum Gasteiger partial charge on any atom is -0.387 e. The van der Waals surface area contributed by atoms with E-state index in [1.807, 2.05) is 0 Å². The summed E-state index contributed by atoms with van der Waals surface area (Å²) in [4.78, 5) is 19.7. The summed E-state index contributed by atoms with van der Waals surface area (Å²) in [5.74, 6) is 0. The van der Waals surface area contributed by atoms with Gasteiger partial charge in [0.1, 0.15) is 36.6 Å². The topological polar surface area (TPSA) is 170 Å². The van der Waals surface area contributed by atoms with Gasteiger partial charge in [-0.1, -0.05) is 0 Å². The fraction of sp³-hybridized carbons (Fsp3) is 1.00. The normalized spacial score (nSPS) is 56.2. The Labute approximate surface area is 149 Å². The number of hydrogen-bond acceptors (Lipinski definition) is 10. The predicted octanol–water partition coefficient (Wildman–Crippen LogP) is -0.699. The van der Waals surface area contributed by atoms with Gasteiger partial charge < -0.3 is 29.5 Å². The Morgan fingerprint density at radius 1 is 0.769 bits per heavy atom. The monoisotopic (exact) mass is 420 g/mol. The molecule has 0 aromatic heterocycles. The Kier molecular flexibility index (Phi) is 5.97. The quantitative estimate of drug-likeness (QED) is 0.364. The molecule has 14 heteroatoms. The molecule has 0 saturated carbocycles. The third-order valence-electron chi connectivity index (χ3n) is 4.45. The molecule has 3 fully saturated rings. The van der Waals surface area contributed by atoms with Gasteiger partial charge >= 0.3 is 15.6 Å². The molecule has 0 spiro atoms. The Balaban J connectivity index is 1.84. The van der Waals surface area contributed by atoms with Crippen molar-refractivity contribution in [2.24, 2.45) is 0 Å². The Morgan fingerprint density at radius 3 is 1.46 bits per heavy atom. The van der Waals surface area contributed by atoms with E-state index in [1.165, 1.54) is 13.8 Å². The molecule has 3 heterocycles. The van der Waals surface area contributed by atoms with E-state index >= 15 is 0 Å². The van der Waals surface area contributed by atoms with Crippen LogP contribution in [0.4, 0.5) is 0 Å². The van der Waals surface area contributed by atoms with Crippen LogP contribution in [0.25, 0.3) is 0 Å². The lowest BCUT2D eigenvalue weighted by Gasteiger charge is -2.25. The number of aliphatic hydroxyl groups excluding tert-OH is 2. The zero-order chi connectivity index (χ0) is 19.3. The maximum Gasteiger partial charge on any atom is 0.472 e. The molecule has 0 aromatic carbocycles. The van der Waals surface area contributed by atoms with E-state index in [2.05, 4.69) is 0 Å². The van der Waals surface area contributed by atoms with Crippen LogP contribution in [0, 0.1) is 0 Å². The van der Waals surface area contributed by atoms with Gasteiger partial charge in [-0.25, -0.2) is 9.13 Å². The number of phosphoric acid groups is 2. The molecule has 10 atom stereocenters. The summed E-state index contributed by atoms with van der Waals surface area (Å²) in [5, 5.41) is 20.4. The summed E-state index contributed by atoms with van der Waals surface area (Å²) in [5.41, 5.74) is 0. The highest BCUT2D eigenvalue weighted by atomic mass is 31.2. The lowest BCUT2D eigenvalue weighted by molar-refractivity contribution is -0.0325. The van der Waals surface area contributed by atoms with Gasteiger partial charge in [0.25, 0.3) is 0 Å². The van der Waals surface area contributed by atoms with E-state index in [9.17, 15) is 29.1 Å². The molecular formula is C12H22O12P2. The van der Waals surface area contributed by atoms with Gasteiger partial charge in [0.05, 0.1) is 25.4 Å². The average molecular weight is 420 g/mol. The molecule has 0 radical (unpaired) electrons. The van der Waals surface area contributed by atoms with Crippen LogP contribution in [-0.2, 0) is 36.7 Å². The fourth-order valence-corrected chi connectivity index (χ4v) is 5.12. The number of fused-ring (bicyclic) bond motifs is 4. The van der Waals surface area contributed by atoms with Crippen LogP contribution in [0.3, 0.4) is 0 Å². The number of hydrogen-bond donors (Lipinski definition) is 4. The summed E-state index contributed by atoms with van der Waals surface area (Å²) >= 11 is 0. The molecule has 152 valence electrons. The molecule has 3 saturated heterocycles. The van der Waals surface area contributed by atoms with Crippen LogP contribution in [0.2, 0.25) is 0 Å². The van der Waals surface area contributed by atoms with Gasteiger partial charge in [-0.2, -0.15) is 0 Å². The van der Waals surface area contributed by atoms with E-state index in [4.69, 9.17) is 27.6 Å². The summed E-state index contributed by atoms with van der Waals surface area (Å²) in [6.07, 6.45) is -9.11. The molecule has 0 aromatic rings. The summed E-state index contributed by atoms with van der Waals surface area (Å²) in [6.45, 7) is 1.88. The third kappa shape index (κ3) is 4.38. The van der Waals surface area contributed by atoms with Crippen molar-refractivity contribution in [2.45, 2.75) is 62.7 Å². The molecule has 3 rings (SSSR count). The van der Waals surface area contributed by atoms with Crippen LogP contribution < -0.4 is 0 Å². The first-order chi connectivity index (χ1) is 12.0. The van der Waals surface area contributed by atoms with Crippen LogP contribution in [0.15, 0.2) is 0 Å². The highest BCUT2D eigenvalue weighted by Gasteiger charge is 2.50. The van der Waals surface area contributed by atoms with Gasteiger partial charge in [-0.3, -0.25) is 18.1 Å². The van der Waals surface area contributed by atoms with Crippen molar-refractivity contribution in [2.75, 3.05) is 13.2 Å². The molecule has 3 aliphatic heterocycles. The standard InChI is InChI=1S/C12H22O12P2/c1-5-11-9(13)7(21-5)3-19-26(17,18)24-12-6(2)22-8(10(12)14)4-20-25(15,16)23-11/h5-14H,3-4H2,1-2H3,(H,15,16)(H,17,18). The Hall–Kier alpha value is 0.0600. The Morgan fingerprint density at radius 2 is 1.12 bits per heavy atom. The molecule has 12 nitrogen and oxygen atoms in total. The lowest BCUT2D eigenvalue weighted by atomic mass is 10.1. The minimum atomic E-state index is -4.60. The molecule has 4 N–H and O–H groups in total. The van der Waals surface area contributed by atoms with Crippen LogP contribution in [-0.4, -0.2) is 82.0 Å². The highest BCUT2D eigenvalue weighted by Crippen LogP contribution is 2.51. The maximum atomic E-state index is 12.1. The van der Waals surface area contributed by atoms with Crippen molar-refractivity contribution in [1.29, 1.82) is 0 Å². The van der Waals surface area contributed by atoms with E-state index in [0.717, 1.165) is 0 Å². The third-order valence-corrected chi connectivity index (χ3v) is 6.42. The van der Waals surface area contributed by atoms with E-state index in [1.54, 1.807) is 0 Å². The van der Waals surface area contributed by atoms with Gasteiger partial charge in [-0.05, 0) is 13.8 Å². The van der Waals surface area contributed by atoms with Crippen molar-refractivity contribution in [3.63, 3.8) is 0 Å². The highest BCUT2D eigenvalue weighted by molar-refractivity contribution is 7.47. The summed E-state index contributed by atoms with van der Waals surface area (Å²) < 4.78 is 54.6. The first kappa shape index (κ1) is 20.8. The van der Waals surface area contributed by atoms with Crippen LogP contribution in [0.5, 0.6) is 0 Å². The van der Waals surface area contributed by atoms with E-state index in [-0.39, 0.29) is 0 Å². The maximum absolute atomic E-state index is 12.1. The van der Waals surface area contributed by atoms with Gasteiger partial charge in [-0.15, -0.1) is 0 Å². The molecule has 26 heavy (non-hydrogen) atoms. The van der Waals surface area contributed by atoms with Crippen molar-refractivity contribution in [3.05, 3.63) is 0 Å². The fourth-order valence-electron chi connectivity index (χ4n) is 3.12. The lowest BCUT2D eigenvalue weighted by Crippen LogP contribution is -2.38. The second-order valence-corrected chi connectivity index (χ2v) is 9.22. The molecule has 0 aliphatic carbocycles. The number of aliphatic hydroxyl groups is 2. The molecule has 4 bridgehead atoms. The predicted molar refractivity (Wildman–Crippen MR) is 82.0 cm³/mol. The summed E-state index contributed by atoms with van der Waals surface area (Å²) in [6, 6.07) is 0. The Bertz CT molecular complexity index is 563. The van der Waals surface area contributed by atoms with Gasteiger partial charge in [0, 0.05) is 0 Å². The summed E-state index contributed by atoms with van der Waals surface area (Å²) in [7, 11) is -9.21. The van der Waals surface area contributed by atoms with Gasteiger partial charge in [0.2, 0.25) is 0 Å². The van der Waals surface area contributed by atoms with E-state index in [0.29, 0.717) is 0 Å². The van der Waals surface area contributed by atoms with Crippen LogP contribution >= 0.6 is 15.6 Å². The van der Waals surface area contributed by atoms with Crippen LogP contribution in [0.1, 0.15) is 13.8 Å². The minimum absolute atomic E-state index is 0.544.